The van der Waals surface area contributed by atoms with Gasteiger partial charge in [-0.05, 0) is 44.0 Å². The predicted octanol–water partition coefficient (Wildman–Crippen LogP) is 3.35. The summed E-state index contributed by atoms with van der Waals surface area (Å²) in [4.78, 5) is 11.4. The number of amides is 1. The molecule has 0 bridgehead atoms. The van der Waals surface area contributed by atoms with Crippen LogP contribution in [0.15, 0.2) is 18.2 Å². The highest BCUT2D eigenvalue weighted by molar-refractivity contribution is 6.32. The highest BCUT2D eigenvalue weighted by atomic mass is 35.5. The van der Waals surface area contributed by atoms with E-state index in [0.717, 1.165) is 23.4 Å². The van der Waals surface area contributed by atoms with Crippen LogP contribution in [0, 0.1) is 6.92 Å². The minimum atomic E-state index is -0.537. The van der Waals surface area contributed by atoms with Crippen LogP contribution in [0.3, 0.4) is 0 Å². The Bertz CT molecular complexity index is 391. The monoisotopic (exact) mass is 255 g/mol. The summed E-state index contributed by atoms with van der Waals surface area (Å²) in [5.41, 5.74) is 1.73. The van der Waals surface area contributed by atoms with Gasteiger partial charge in [-0.25, -0.2) is 0 Å². The van der Waals surface area contributed by atoms with Crippen molar-refractivity contribution in [2.75, 3.05) is 11.9 Å². The van der Waals surface area contributed by atoms with Crippen LogP contribution in [0.25, 0.3) is 0 Å². The molecule has 4 heteroatoms. The molecule has 1 N–H and O–H groups in total. The topological polar surface area (TPSA) is 38.3 Å². The van der Waals surface area contributed by atoms with Crippen LogP contribution in [0.1, 0.15) is 25.8 Å². The van der Waals surface area contributed by atoms with E-state index in [1.54, 1.807) is 6.92 Å². The predicted molar refractivity (Wildman–Crippen MR) is 70.9 cm³/mol. The number of hydrogen-bond donors (Lipinski definition) is 1. The third-order valence-electron chi connectivity index (χ3n) is 2.29. The Labute approximate surface area is 107 Å². The van der Waals surface area contributed by atoms with Gasteiger partial charge in [-0.1, -0.05) is 6.92 Å². The third-order valence-corrected chi connectivity index (χ3v) is 2.49. The maximum Gasteiger partial charge on any atom is 0.242 e. The van der Waals surface area contributed by atoms with Gasteiger partial charge in [0.2, 0.25) is 5.91 Å². The SMILES string of the molecule is CCCOc1ccc(NC(=O)C(C)Cl)c(C)c1. The average molecular weight is 256 g/mol. The van der Waals surface area contributed by atoms with Crippen molar-refractivity contribution in [3.63, 3.8) is 0 Å². The van der Waals surface area contributed by atoms with E-state index in [4.69, 9.17) is 16.3 Å². The first kappa shape index (κ1) is 13.8. The molecular formula is C13H18ClNO2. The maximum atomic E-state index is 11.4. The van der Waals surface area contributed by atoms with Crippen molar-refractivity contribution in [2.45, 2.75) is 32.6 Å². The van der Waals surface area contributed by atoms with Crippen LogP contribution in [-0.4, -0.2) is 17.9 Å². The van der Waals surface area contributed by atoms with Gasteiger partial charge < -0.3 is 10.1 Å². The Kier molecular flexibility index (Phi) is 5.29. The van der Waals surface area contributed by atoms with Crippen molar-refractivity contribution in [1.82, 2.24) is 0 Å². The van der Waals surface area contributed by atoms with Crippen molar-refractivity contribution in [2.24, 2.45) is 0 Å². The zero-order chi connectivity index (χ0) is 12.8. The summed E-state index contributed by atoms with van der Waals surface area (Å²) >= 11 is 5.69. The van der Waals surface area contributed by atoms with Gasteiger partial charge in [0, 0.05) is 5.69 Å². The van der Waals surface area contributed by atoms with Gasteiger partial charge in [0.25, 0.3) is 0 Å². The first-order valence-electron chi connectivity index (χ1n) is 5.73. The Morgan fingerprint density at radius 1 is 1.53 bits per heavy atom. The minimum absolute atomic E-state index is 0.197. The smallest absolute Gasteiger partial charge is 0.242 e. The van der Waals surface area contributed by atoms with Crippen LogP contribution in [0.5, 0.6) is 5.75 Å². The van der Waals surface area contributed by atoms with Gasteiger partial charge in [0.05, 0.1) is 6.61 Å². The molecule has 0 heterocycles. The maximum absolute atomic E-state index is 11.4. The molecule has 17 heavy (non-hydrogen) atoms. The molecule has 94 valence electrons. The van der Waals surface area contributed by atoms with E-state index in [9.17, 15) is 4.79 Å². The first-order valence-corrected chi connectivity index (χ1v) is 6.16. The number of nitrogens with one attached hydrogen (secondary N) is 1. The fourth-order valence-corrected chi connectivity index (χ4v) is 1.37. The molecule has 1 atom stereocenters. The average Bonchev–Trinajstić information content (AvgIpc) is 2.29. The molecule has 0 aliphatic heterocycles. The molecule has 1 amide bonds. The van der Waals surface area contributed by atoms with Gasteiger partial charge in [0.1, 0.15) is 11.1 Å². The fourth-order valence-electron chi connectivity index (χ4n) is 1.32. The molecule has 1 unspecified atom stereocenters. The van der Waals surface area contributed by atoms with E-state index in [0.29, 0.717) is 6.61 Å². The van der Waals surface area contributed by atoms with E-state index in [1.165, 1.54) is 0 Å². The number of ether oxygens (including phenoxy) is 1. The van der Waals surface area contributed by atoms with E-state index < -0.39 is 5.38 Å². The lowest BCUT2D eigenvalue weighted by atomic mass is 10.2. The Morgan fingerprint density at radius 3 is 2.76 bits per heavy atom. The van der Waals surface area contributed by atoms with Crippen molar-refractivity contribution < 1.29 is 9.53 Å². The number of hydrogen-bond acceptors (Lipinski definition) is 2. The number of alkyl halides is 1. The molecule has 0 aromatic heterocycles. The number of benzene rings is 1. The number of carbonyl (C=O) groups excluding carboxylic acids is 1. The highest BCUT2D eigenvalue weighted by Gasteiger charge is 2.10. The number of halogens is 1. The summed E-state index contributed by atoms with van der Waals surface area (Å²) in [7, 11) is 0. The van der Waals surface area contributed by atoms with E-state index in [2.05, 4.69) is 12.2 Å². The van der Waals surface area contributed by atoms with E-state index in [1.807, 2.05) is 25.1 Å². The first-order chi connectivity index (χ1) is 8.04. The molecule has 0 saturated heterocycles. The standard InChI is InChI=1S/C13H18ClNO2/c1-4-7-17-11-5-6-12(9(2)8-11)15-13(16)10(3)14/h5-6,8,10H,4,7H2,1-3H3,(H,15,16). The lowest BCUT2D eigenvalue weighted by Crippen LogP contribution is -2.20. The van der Waals surface area contributed by atoms with Gasteiger partial charge in [-0.2, -0.15) is 0 Å². The van der Waals surface area contributed by atoms with Gasteiger partial charge in [-0.3, -0.25) is 4.79 Å². The number of carbonyl (C=O) groups is 1. The van der Waals surface area contributed by atoms with Crippen molar-refractivity contribution in [1.29, 1.82) is 0 Å². The van der Waals surface area contributed by atoms with Crippen molar-refractivity contribution in [3.05, 3.63) is 23.8 Å². The summed E-state index contributed by atoms with van der Waals surface area (Å²) in [6.45, 7) is 6.32. The normalized spacial score (nSPS) is 12.0. The largest absolute Gasteiger partial charge is 0.494 e. The summed E-state index contributed by atoms with van der Waals surface area (Å²) in [6, 6.07) is 5.58. The molecule has 0 radical (unpaired) electrons. The van der Waals surface area contributed by atoms with Crippen LogP contribution >= 0.6 is 11.6 Å². The number of aryl methyl sites for hydroxylation is 1. The molecule has 1 aromatic carbocycles. The summed E-state index contributed by atoms with van der Waals surface area (Å²) in [5, 5.41) is 2.23. The lowest BCUT2D eigenvalue weighted by Gasteiger charge is -2.11. The lowest BCUT2D eigenvalue weighted by molar-refractivity contribution is -0.115. The fraction of sp³-hybridized carbons (Fsp3) is 0.462. The van der Waals surface area contributed by atoms with Crippen LogP contribution in [-0.2, 0) is 4.79 Å². The van der Waals surface area contributed by atoms with Crippen LogP contribution in [0.4, 0.5) is 5.69 Å². The summed E-state index contributed by atoms with van der Waals surface area (Å²) in [5.74, 6) is 0.623. The van der Waals surface area contributed by atoms with Crippen LogP contribution < -0.4 is 10.1 Å². The highest BCUT2D eigenvalue weighted by Crippen LogP contribution is 2.21. The zero-order valence-electron chi connectivity index (χ0n) is 10.4. The number of anilines is 1. The van der Waals surface area contributed by atoms with E-state index >= 15 is 0 Å². The Hall–Kier alpha value is -1.22. The van der Waals surface area contributed by atoms with Gasteiger partial charge >= 0.3 is 0 Å². The summed E-state index contributed by atoms with van der Waals surface area (Å²) < 4.78 is 5.50. The second kappa shape index (κ2) is 6.50. The molecular weight excluding hydrogens is 238 g/mol. The molecule has 1 aromatic rings. The molecule has 0 aliphatic carbocycles. The second-order valence-electron chi connectivity index (χ2n) is 3.93. The molecule has 0 fully saturated rings. The van der Waals surface area contributed by atoms with Gasteiger partial charge in [0.15, 0.2) is 0 Å². The molecule has 0 saturated carbocycles. The van der Waals surface area contributed by atoms with Gasteiger partial charge in [-0.15, -0.1) is 11.6 Å². The zero-order valence-corrected chi connectivity index (χ0v) is 11.2. The third kappa shape index (κ3) is 4.27. The Morgan fingerprint density at radius 2 is 2.24 bits per heavy atom. The Balaban J connectivity index is 2.72. The van der Waals surface area contributed by atoms with Crippen molar-refractivity contribution >= 4 is 23.2 Å². The van der Waals surface area contributed by atoms with E-state index in [-0.39, 0.29) is 5.91 Å². The molecule has 0 spiro atoms. The molecule has 3 nitrogen and oxygen atoms in total. The number of rotatable bonds is 5. The van der Waals surface area contributed by atoms with Crippen LogP contribution in [0.2, 0.25) is 0 Å². The molecule has 1 rings (SSSR count). The minimum Gasteiger partial charge on any atom is -0.494 e. The second-order valence-corrected chi connectivity index (χ2v) is 4.59. The summed E-state index contributed by atoms with van der Waals surface area (Å²) in [6.07, 6.45) is 0.974. The quantitative estimate of drug-likeness (QED) is 0.820. The molecule has 0 aliphatic rings. The van der Waals surface area contributed by atoms with Crippen molar-refractivity contribution in [3.8, 4) is 5.75 Å².